The van der Waals surface area contributed by atoms with E-state index in [-0.39, 0.29) is 13.2 Å². The van der Waals surface area contributed by atoms with Gasteiger partial charge in [0.05, 0.1) is 13.2 Å². The van der Waals surface area contributed by atoms with E-state index >= 15 is 0 Å². The maximum Gasteiger partial charge on any atom is 0.400 e. The topological polar surface area (TPSA) is 52.6 Å². The standard InChI is InChI=1S/C7H13O4P/c1-4-7(8)12(9,10-5-2)11-6-3/h4H,1,5-6H2,2-3H3. The minimum absolute atomic E-state index is 0.177. The van der Waals surface area contributed by atoms with Crippen molar-refractivity contribution in [2.24, 2.45) is 0 Å². The van der Waals surface area contributed by atoms with E-state index in [2.05, 4.69) is 6.58 Å². The lowest BCUT2D eigenvalue weighted by Gasteiger charge is -2.12. The van der Waals surface area contributed by atoms with E-state index in [0.29, 0.717) is 0 Å². The molecule has 0 rings (SSSR count). The van der Waals surface area contributed by atoms with Gasteiger partial charge in [-0.15, -0.1) is 0 Å². The van der Waals surface area contributed by atoms with Gasteiger partial charge in [0.2, 0.25) is 0 Å². The van der Waals surface area contributed by atoms with E-state index in [9.17, 15) is 9.36 Å². The van der Waals surface area contributed by atoms with Crippen LogP contribution in [0.2, 0.25) is 0 Å². The van der Waals surface area contributed by atoms with Crippen molar-refractivity contribution >= 4 is 13.1 Å². The van der Waals surface area contributed by atoms with Gasteiger partial charge in [-0.25, -0.2) is 0 Å². The van der Waals surface area contributed by atoms with Gasteiger partial charge in [-0.2, -0.15) is 0 Å². The summed E-state index contributed by atoms with van der Waals surface area (Å²) < 4.78 is 20.9. The zero-order chi connectivity index (χ0) is 9.61. The molecule has 0 radical (unpaired) electrons. The van der Waals surface area contributed by atoms with Crippen LogP contribution in [0.1, 0.15) is 13.8 Å². The average molecular weight is 192 g/mol. The number of rotatable bonds is 6. The lowest BCUT2D eigenvalue weighted by atomic mass is 10.7. The lowest BCUT2D eigenvalue weighted by molar-refractivity contribution is -0.109. The summed E-state index contributed by atoms with van der Waals surface area (Å²) in [7, 11) is -3.57. The Hall–Kier alpha value is -0.440. The molecule has 0 spiro atoms. The van der Waals surface area contributed by atoms with Crippen LogP contribution in [-0.4, -0.2) is 18.7 Å². The second kappa shape index (κ2) is 5.25. The van der Waals surface area contributed by atoms with Crippen LogP contribution in [0.4, 0.5) is 0 Å². The van der Waals surface area contributed by atoms with Gasteiger partial charge in [-0.05, 0) is 19.9 Å². The Morgan fingerprint density at radius 3 is 2.08 bits per heavy atom. The van der Waals surface area contributed by atoms with Crippen LogP contribution in [0.25, 0.3) is 0 Å². The van der Waals surface area contributed by atoms with Gasteiger partial charge in [-0.1, -0.05) is 6.58 Å². The van der Waals surface area contributed by atoms with Gasteiger partial charge in [-0.3, -0.25) is 9.36 Å². The number of carbonyl (C=O) groups excluding carboxylic acids is 1. The highest BCUT2D eigenvalue weighted by molar-refractivity contribution is 7.72. The molecule has 0 fully saturated rings. The molecule has 70 valence electrons. The molecule has 0 unspecified atom stereocenters. The first-order chi connectivity index (χ1) is 5.60. The molecule has 0 aliphatic heterocycles. The van der Waals surface area contributed by atoms with E-state index in [4.69, 9.17) is 9.05 Å². The van der Waals surface area contributed by atoms with Crippen molar-refractivity contribution in [1.29, 1.82) is 0 Å². The Bertz CT molecular complexity index is 201. The molecule has 12 heavy (non-hydrogen) atoms. The van der Waals surface area contributed by atoms with Crippen LogP contribution >= 0.6 is 7.60 Å². The van der Waals surface area contributed by atoms with Crippen LogP contribution in [0.3, 0.4) is 0 Å². The van der Waals surface area contributed by atoms with Gasteiger partial charge >= 0.3 is 7.60 Å². The van der Waals surface area contributed by atoms with Crippen LogP contribution in [0, 0.1) is 0 Å². The Kier molecular flexibility index (Phi) is 5.06. The minimum Gasteiger partial charge on any atom is -0.303 e. The monoisotopic (exact) mass is 192 g/mol. The number of allylic oxidation sites excluding steroid dienone is 1. The number of hydrogen-bond donors (Lipinski definition) is 0. The molecule has 0 aliphatic rings. The minimum atomic E-state index is -3.57. The van der Waals surface area contributed by atoms with E-state index in [0.717, 1.165) is 6.08 Å². The molecule has 0 aromatic heterocycles. The summed E-state index contributed by atoms with van der Waals surface area (Å²) in [4.78, 5) is 11.0. The highest BCUT2D eigenvalue weighted by Crippen LogP contribution is 2.48. The quantitative estimate of drug-likeness (QED) is 0.476. The first-order valence-electron chi connectivity index (χ1n) is 3.66. The van der Waals surface area contributed by atoms with Gasteiger partial charge in [0.1, 0.15) is 0 Å². The Balaban J connectivity index is 4.49. The first-order valence-corrected chi connectivity index (χ1v) is 5.21. The largest absolute Gasteiger partial charge is 0.400 e. The van der Waals surface area contributed by atoms with Crippen molar-refractivity contribution in [1.82, 2.24) is 0 Å². The van der Waals surface area contributed by atoms with Crippen LogP contribution in [0.5, 0.6) is 0 Å². The molecular weight excluding hydrogens is 179 g/mol. The molecule has 0 aromatic carbocycles. The van der Waals surface area contributed by atoms with E-state index < -0.39 is 13.1 Å². The molecule has 0 bridgehead atoms. The zero-order valence-corrected chi connectivity index (χ0v) is 8.17. The molecule has 5 heteroatoms. The Labute approximate surface area is 72.1 Å². The fourth-order valence-corrected chi connectivity index (χ4v) is 1.85. The molecule has 0 amide bonds. The van der Waals surface area contributed by atoms with Gasteiger partial charge in [0.25, 0.3) is 5.52 Å². The van der Waals surface area contributed by atoms with Gasteiger partial charge in [0.15, 0.2) is 0 Å². The highest BCUT2D eigenvalue weighted by Gasteiger charge is 2.31. The Morgan fingerprint density at radius 1 is 1.42 bits per heavy atom. The third kappa shape index (κ3) is 2.89. The number of hydrogen-bond acceptors (Lipinski definition) is 4. The highest BCUT2D eigenvalue weighted by atomic mass is 31.2. The molecule has 0 atom stereocenters. The SMILES string of the molecule is C=CC(=O)P(=O)(OCC)OCC. The maximum absolute atomic E-state index is 11.5. The normalized spacial score (nSPS) is 11.2. The second-order valence-electron chi connectivity index (χ2n) is 1.88. The second-order valence-corrected chi connectivity index (χ2v) is 3.83. The van der Waals surface area contributed by atoms with E-state index in [1.807, 2.05) is 0 Å². The molecule has 0 aliphatic carbocycles. The van der Waals surface area contributed by atoms with Crippen molar-refractivity contribution in [2.75, 3.05) is 13.2 Å². The van der Waals surface area contributed by atoms with Gasteiger partial charge < -0.3 is 9.05 Å². The van der Waals surface area contributed by atoms with E-state index in [1.165, 1.54) is 0 Å². The fraction of sp³-hybridized carbons (Fsp3) is 0.571. The summed E-state index contributed by atoms with van der Waals surface area (Å²) in [6.07, 6.45) is 0.950. The van der Waals surface area contributed by atoms with Crippen molar-refractivity contribution < 1.29 is 18.4 Å². The predicted octanol–water partition coefficient (Wildman–Crippen LogP) is 1.97. The first kappa shape index (κ1) is 11.6. The summed E-state index contributed by atoms with van der Waals surface area (Å²) in [5, 5.41) is 0. The molecular formula is C7H13O4P. The van der Waals surface area contributed by atoms with Crippen LogP contribution in [0.15, 0.2) is 12.7 Å². The molecule has 0 N–H and O–H groups in total. The zero-order valence-electron chi connectivity index (χ0n) is 7.28. The lowest BCUT2D eigenvalue weighted by Crippen LogP contribution is -2.03. The summed E-state index contributed by atoms with van der Waals surface area (Å²) in [6, 6.07) is 0. The number of carbonyl (C=O) groups is 1. The Morgan fingerprint density at radius 2 is 1.83 bits per heavy atom. The fourth-order valence-electron chi connectivity index (χ4n) is 0.616. The summed E-state index contributed by atoms with van der Waals surface area (Å²) in [5.74, 6) is 0. The van der Waals surface area contributed by atoms with Crippen molar-refractivity contribution in [3.63, 3.8) is 0 Å². The predicted molar refractivity (Wildman–Crippen MR) is 46.1 cm³/mol. The molecule has 4 nitrogen and oxygen atoms in total. The van der Waals surface area contributed by atoms with Crippen molar-refractivity contribution in [3.05, 3.63) is 12.7 Å². The molecule has 0 saturated carbocycles. The van der Waals surface area contributed by atoms with Crippen LogP contribution < -0.4 is 0 Å². The van der Waals surface area contributed by atoms with Crippen LogP contribution in [-0.2, 0) is 18.4 Å². The summed E-state index contributed by atoms with van der Waals surface area (Å²) >= 11 is 0. The molecule has 0 heterocycles. The van der Waals surface area contributed by atoms with Crippen molar-refractivity contribution in [2.45, 2.75) is 13.8 Å². The summed E-state index contributed by atoms with van der Waals surface area (Å²) in [6.45, 7) is 6.85. The summed E-state index contributed by atoms with van der Waals surface area (Å²) in [5.41, 5.74) is -0.689. The molecule has 0 aromatic rings. The van der Waals surface area contributed by atoms with Crippen molar-refractivity contribution in [3.8, 4) is 0 Å². The maximum atomic E-state index is 11.5. The average Bonchev–Trinajstić information content (AvgIpc) is 2.04. The smallest absolute Gasteiger partial charge is 0.303 e. The van der Waals surface area contributed by atoms with Gasteiger partial charge in [0, 0.05) is 0 Å². The molecule has 0 saturated heterocycles. The third-order valence-corrected chi connectivity index (χ3v) is 2.96. The third-order valence-electron chi connectivity index (χ3n) is 1.04. The van der Waals surface area contributed by atoms with E-state index in [1.54, 1.807) is 13.8 Å².